The van der Waals surface area contributed by atoms with Crippen molar-refractivity contribution in [1.82, 2.24) is 0 Å². The van der Waals surface area contributed by atoms with E-state index in [0.29, 0.717) is 5.92 Å². The largest absolute Gasteiger partial charge is 0.309 e. The van der Waals surface area contributed by atoms with Crippen LogP contribution in [0.4, 0.5) is 17.1 Å². The molecule has 2 saturated carbocycles. The molecule has 0 N–H and O–H groups in total. The molecule has 3 aliphatic rings. The van der Waals surface area contributed by atoms with Gasteiger partial charge < -0.3 is 4.90 Å². The summed E-state index contributed by atoms with van der Waals surface area (Å²) in [6.45, 7) is 4.75. The zero-order valence-electron chi connectivity index (χ0n) is 33.1. The molecule has 280 valence electrons. The first kappa shape index (κ1) is 34.1. The van der Waals surface area contributed by atoms with Crippen LogP contribution < -0.4 is 4.90 Å². The molecule has 0 radical (unpaired) electrons. The summed E-state index contributed by atoms with van der Waals surface area (Å²) in [5.41, 5.74) is 15.5. The van der Waals surface area contributed by atoms with Crippen LogP contribution in [-0.2, 0) is 5.41 Å². The number of hydrogen-bond donors (Lipinski definition) is 0. The van der Waals surface area contributed by atoms with Gasteiger partial charge in [0.05, 0.1) is 11.4 Å². The van der Waals surface area contributed by atoms with E-state index in [4.69, 9.17) is 0 Å². The minimum atomic E-state index is -0.0666. The van der Waals surface area contributed by atoms with Crippen LogP contribution in [0, 0.1) is 11.8 Å². The Balaban J connectivity index is 1.11. The summed E-state index contributed by atoms with van der Waals surface area (Å²) < 4.78 is 2.66. The van der Waals surface area contributed by atoms with Gasteiger partial charge in [-0.25, -0.2) is 0 Å². The zero-order chi connectivity index (χ0) is 38.5. The highest BCUT2D eigenvalue weighted by Crippen LogP contribution is 2.56. The summed E-state index contributed by atoms with van der Waals surface area (Å²) in [7, 11) is 0. The monoisotopic (exact) mass is 763 g/mol. The van der Waals surface area contributed by atoms with Crippen molar-refractivity contribution in [3.63, 3.8) is 0 Å². The molecule has 3 unspecified atom stereocenters. The number of benzene rings is 8. The quantitative estimate of drug-likeness (QED) is 0.163. The van der Waals surface area contributed by atoms with Crippen molar-refractivity contribution >= 4 is 59.3 Å². The number of anilines is 3. The summed E-state index contributed by atoms with van der Waals surface area (Å²) in [4.78, 5) is 2.56. The van der Waals surface area contributed by atoms with Crippen LogP contribution in [0.1, 0.15) is 62.1 Å². The second-order valence-corrected chi connectivity index (χ2v) is 18.7. The Kier molecular flexibility index (Phi) is 7.66. The Morgan fingerprint density at radius 1 is 0.517 bits per heavy atom. The van der Waals surface area contributed by atoms with Gasteiger partial charge in [0.15, 0.2) is 0 Å². The summed E-state index contributed by atoms with van der Waals surface area (Å²) in [6, 6.07) is 64.5. The Morgan fingerprint density at radius 2 is 1.21 bits per heavy atom. The van der Waals surface area contributed by atoms with Gasteiger partial charge in [0.2, 0.25) is 0 Å². The molecule has 2 bridgehead atoms. The zero-order valence-corrected chi connectivity index (χ0v) is 33.9. The number of nitrogens with zero attached hydrogens (tertiary/aromatic N) is 1. The molecule has 0 saturated heterocycles. The predicted octanol–water partition coefficient (Wildman–Crippen LogP) is 16.2. The third kappa shape index (κ3) is 5.14. The lowest BCUT2D eigenvalue weighted by molar-refractivity contribution is 0.422. The molecule has 0 aliphatic heterocycles. The lowest BCUT2D eigenvalue weighted by atomic mass is 9.80. The van der Waals surface area contributed by atoms with Crippen molar-refractivity contribution in [2.45, 2.75) is 50.9 Å². The Hall–Kier alpha value is -5.96. The fourth-order valence-electron chi connectivity index (χ4n) is 11.5. The predicted molar refractivity (Wildman–Crippen MR) is 248 cm³/mol. The average Bonchev–Trinajstić information content (AvgIpc) is 4.05. The first-order chi connectivity index (χ1) is 28.5. The average molecular weight is 764 g/mol. The van der Waals surface area contributed by atoms with E-state index in [1.54, 1.807) is 5.56 Å². The van der Waals surface area contributed by atoms with Crippen LogP contribution >= 0.6 is 11.3 Å². The summed E-state index contributed by atoms with van der Waals surface area (Å²) in [5.74, 6) is 2.33. The lowest BCUT2D eigenvalue weighted by Gasteiger charge is -2.31. The Bertz CT molecular complexity index is 3090. The molecular weight excluding hydrogens is 719 g/mol. The van der Waals surface area contributed by atoms with E-state index in [9.17, 15) is 0 Å². The van der Waals surface area contributed by atoms with E-state index in [1.807, 2.05) is 11.3 Å². The van der Waals surface area contributed by atoms with Gasteiger partial charge in [0.1, 0.15) is 0 Å². The molecule has 2 fully saturated rings. The van der Waals surface area contributed by atoms with Crippen LogP contribution in [-0.4, -0.2) is 0 Å². The van der Waals surface area contributed by atoms with Gasteiger partial charge in [-0.15, -0.1) is 11.3 Å². The lowest BCUT2D eigenvalue weighted by Crippen LogP contribution is -2.16. The molecular formula is C56H45NS. The smallest absolute Gasteiger partial charge is 0.0540 e. The van der Waals surface area contributed by atoms with E-state index in [2.05, 4.69) is 189 Å². The SMILES string of the molecule is CC1(C)c2ccccc2-c2cc(N(c3ccccc3-c3ccc4sc5ccccc5c4c3)c3ccccc3-c3cccc4cccc(C5CC6CCC5C6)c34)ccc21. The third-order valence-electron chi connectivity index (χ3n) is 14.2. The van der Waals surface area contributed by atoms with E-state index in [1.165, 1.54) is 118 Å². The van der Waals surface area contributed by atoms with Crippen LogP contribution in [0.3, 0.4) is 0 Å². The summed E-state index contributed by atoms with van der Waals surface area (Å²) >= 11 is 1.88. The van der Waals surface area contributed by atoms with Gasteiger partial charge in [-0.05, 0) is 129 Å². The molecule has 8 aromatic carbocycles. The summed E-state index contributed by atoms with van der Waals surface area (Å²) in [5, 5.41) is 5.42. The number of para-hydroxylation sites is 2. The minimum Gasteiger partial charge on any atom is -0.309 e. The molecule has 1 heterocycles. The second kappa shape index (κ2) is 13.0. The van der Waals surface area contributed by atoms with Crippen molar-refractivity contribution in [3.8, 4) is 33.4 Å². The van der Waals surface area contributed by atoms with Crippen molar-refractivity contribution in [2.24, 2.45) is 11.8 Å². The minimum absolute atomic E-state index is 0.0666. The van der Waals surface area contributed by atoms with Crippen LogP contribution in [0.25, 0.3) is 64.3 Å². The molecule has 12 rings (SSSR count). The highest BCUT2D eigenvalue weighted by atomic mass is 32.1. The normalized spacial score (nSPS) is 18.9. The van der Waals surface area contributed by atoms with Crippen LogP contribution in [0.2, 0.25) is 0 Å². The fraction of sp³-hybridized carbons (Fsp3) is 0.179. The topological polar surface area (TPSA) is 3.24 Å². The van der Waals surface area contributed by atoms with Gasteiger partial charge in [-0.1, -0.05) is 148 Å². The first-order valence-electron chi connectivity index (χ1n) is 21.2. The molecule has 0 spiro atoms. The van der Waals surface area contributed by atoms with E-state index in [-0.39, 0.29) is 5.41 Å². The number of fused-ring (bicyclic) bond motifs is 9. The fourth-order valence-corrected chi connectivity index (χ4v) is 12.6. The standard InChI is InChI=1S/C56H45NS/c1-56(2)49-21-7-3-16-41(49)47-34-39(28-29-50(47)56)57(51-22-8-4-15-40(51)38-27-30-54-48(33-38)43-18-6-10-24-53(43)58-54)52-23-9-5-17-42(52)44-19-11-13-36-14-12-20-45(55(36)44)46-32-35-25-26-37(46)31-35/h3-24,27-30,33-35,37,46H,25-26,31-32H2,1-2H3. The van der Waals surface area contributed by atoms with Crippen LogP contribution in [0.5, 0.6) is 0 Å². The summed E-state index contributed by atoms with van der Waals surface area (Å²) in [6.07, 6.45) is 5.51. The Morgan fingerprint density at radius 3 is 2.03 bits per heavy atom. The van der Waals surface area contributed by atoms with Gasteiger partial charge in [0.25, 0.3) is 0 Å². The molecule has 1 aromatic heterocycles. The molecule has 2 heteroatoms. The van der Waals surface area contributed by atoms with E-state index >= 15 is 0 Å². The number of hydrogen-bond acceptors (Lipinski definition) is 2. The molecule has 1 nitrogen and oxygen atoms in total. The highest BCUT2D eigenvalue weighted by Gasteiger charge is 2.41. The molecule has 3 atom stereocenters. The van der Waals surface area contributed by atoms with Gasteiger partial charge >= 0.3 is 0 Å². The first-order valence-corrected chi connectivity index (χ1v) is 22.0. The maximum absolute atomic E-state index is 2.56. The molecule has 0 amide bonds. The van der Waals surface area contributed by atoms with Gasteiger partial charge in [-0.2, -0.15) is 0 Å². The third-order valence-corrected chi connectivity index (χ3v) is 15.3. The number of thiophene rings is 1. The highest BCUT2D eigenvalue weighted by molar-refractivity contribution is 7.25. The van der Waals surface area contributed by atoms with Crippen molar-refractivity contribution in [2.75, 3.05) is 4.90 Å². The maximum Gasteiger partial charge on any atom is 0.0540 e. The van der Waals surface area contributed by atoms with Crippen molar-refractivity contribution < 1.29 is 0 Å². The van der Waals surface area contributed by atoms with Crippen LogP contribution in [0.15, 0.2) is 170 Å². The second-order valence-electron chi connectivity index (χ2n) is 17.6. The molecule has 58 heavy (non-hydrogen) atoms. The van der Waals surface area contributed by atoms with Gasteiger partial charge in [0, 0.05) is 42.4 Å². The maximum atomic E-state index is 2.56. The van der Waals surface area contributed by atoms with E-state index in [0.717, 1.165) is 11.8 Å². The number of rotatable bonds is 6. The Labute approximate surface area is 345 Å². The van der Waals surface area contributed by atoms with E-state index < -0.39 is 0 Å². The van der Waals surface area contributed by atoms with Gasteiger partial charge in [-0.3, -0.25) is 0 Å². The van der Waals surface area contributed by atoms with Crippen molar-refractivity contribution in [1.29, 1.82) is 0 Å². The molecule has 9 aromatic rings. The van der Waals surface area contributed by atoms with Crippen molar-refractivity contribution in [3.05, 3.63) is 187 Å². The molecule has 3 aliphatic carbocycles.